The quantitative estimate of drug-likeness (QED) is 0.752. The lowest BCUT2D eigenvalue weighted by atomic mass is 10.2. The average Bonchev–Trinajstić information content (AvgIpc) is 2.97. The summed E-state index contributed by atoms with van der Waals surface area (Å²) in [5.74, 6) is 1.69. The summed E-state index contributed by atoms with van der Waals surface area (Å²) in [6, 6.07) is 12.5. The lowest BCUT2D eigenvalue weighted by Crippen LogP contribution is -2.27. The van der Waals surface area contributed by atoms with Gasteiger partial charge in [0.1, 0.15) is 16.5 Å². The second-order valence-electron chi connectivity index (χ2n) is 5.51. The molecule has 120 valence electrons. The van der Waals surface area contributed by atoms with E-state index in [-0.39, 0.29) is 6.61 Å². The summed E-state index contributed by atoms with van der Waals surface area (Å²) in [6.07, 6.45) is 0.998. The van der Waals surface area contributed by atoms with Gasteiger partial charge >= 0.3 is 0 Å². The molecule has 0 saturated carbocycles. The molecule has 3 rings (SSSR count). The third-order valence-corrected chi connectivity index (χ3v) is 4.94. The van der Waals surface area contributed by atoms with Crippen molar-refractivity contribution in [2.75, 3.05) is 18.1 Å². The van der Waals surface area contributed by atoms with E-state index in [1.807, 2.05) is 25.1 Å². The van der Waals surface area contributed by atoms with E-state index in [4.69, 9.17) is 0 Å². The van der Waals surface area contributed by atoms with E-state index in [0.29, 0.717) is 6.54 Å². The van der Waals surface area contributed by atoms with E-state index in [2.05, 4.69) is 40.0 Å². The first-order chi connectivity index (χ1) is 11.2. The number of aliphatic hydroxyl groups is 1. The van der Waals surface area contributed by atoms with E-state index >= 15 is 0 Å². The van der Waals surface area contributed by atoms with Crippen LogP contribution in [0.15, 0.2) is 36.4 Å². The first-order valence-electron chi connectivity index (χ1n) is 7.88. The zero-order valence-electron chi connectivity index (χ0n) is 13.5. The van der Waals surface area contributed by atoms with Crippen LogP contribution in [-0.4, -0.2) is 28.2 Å². The van der Waals surface area contributed by atoms with Crippen LogP contribution < -0.4 is 4.90 Å². The van der Waals surface area contributed by atoms with Crippen molar-refractivity contribution >= 4 is 27.4 Å². The lowest BCUT2D eigenvalue weighted by molar-refractivity contribution is 0.301. The average molecular weight is 327 g/mol. The predicted octanol–water partition coefficient (Wildman–Crippen LogP) is 3.56. The first kappa shape index (κ1) is 15.9. The van der Waals surface area contributed by atoms with Crippen LogP contribution in [0.3, 0.4) is 0 Å². The number of rotatable bonds is 6. The molecular weight excluding hydrogens is 306 g/mol. The molecule has 0 bridgehead atoms. The van der Waals surface area contributed by atoms with Gasteiger partial charge in [-0.15, -0.1) is 11.3 Å². The number of aliphatic hydroxyl groups excluding tert-OH is 1. The molecular formula is C18H21N3OS. The molecule has 2 heterocycles. The van der Waals surface area contributed by atoms with Gasteiger partial charge in [-0.2, -0.15) is 0 Å². The lowest BCUT2D eigenvalue weighted by Gasteiger charge is -2.24. The fraction of sp³-hybridized carbons (Fsp3) is 0.333. The molecule has 4 nitrogen and oxygen atoms in total. The Morgan fingerprint density at radius 2 is 1.96 bits per heavy atom. The van der Waals surface area contributed by atoms with Crippen LogP contribution in [0.25, 0.3) is 10.2 Å². The van der Waals surface area contributed by atoms with Gasteiger partial charge in [-0.25, -0.2) is 9.97 Å². The maximum atomic E-state index is 9.49. The van der Waals surface area contributed by atoms with E-state index < -0.39 is 0 Å². The largest absolute Gasteiger partial charge is 0.395 e. The zero-order chi connectivity index (χ0) is 16.2. The normalized spacial score (nSPS) is 11.1. The Morgan fingerprint density at radius 1 is 1.17 bits per heavy atom. The van der Waals surface area contributed by atoms with Crippen molar-refractivity contribution in [3.63, 3.8) is 0 Å². The van der Waals surface area contributed by atoms with Crippen molar-refractivity contribution in [3.8, 4) is 0 Å². The summed E-state index contributed by atoms with van der Waals surface area (Å²) in [4.78, 5) is 13.7. The maximum Gasteiger partial charge on any atom is 0.141 e. The van der Waals surface area contributed by atoms with Crippen LogP contribution in [0.1, 0.15) is 23.2 Å². The van der Waals surface area contributed by atoms with Crippen LogP contribution in [0.5, 0.6) is 0 Å². The summed E-state index contributed by atoms with van der Waals surface area (Å²) in [6.45, 7) is 5.46. The van der Waals surface area contributed by atoms with Gasteiger partial charge in [-0.05, 0) is 25.0 Å². The highest BCUT2D eigenvalue weighted by Gasteiger charge is 2.16. The minimum Gasteiger partial charge on any atom is -0.395 e. The summed E-state index contributed by atoms with van der Waals surface area (Å²) in [5.41, 5.74) is 1.20. The smallest absolute Gasteiger partial charge is 0.141 e. The van der Waals surface area contributed by atoms with Gasteiger partial charge in [0.15, 0.2) is 0 Å². The Bertz CT molecular complexity index is 786. The maximum absolute atomic E-state index is 9.49. The topological polar surface area (TPSA) is 49.2 Å². The molecule has 23 heavy (non-hydrogen) atoms. The van der Waals surface area contributed by atoms with E-state index in [1.54, 1.807) is 11.3 Å². The highest BCUT2D eigenvalue weighted by Crippen LogP contribution is 2.31. The van der Waals surface area contributed by atoms with Gasteiger partial charge in [-0.1, -0.05) is 37.3 Å². The number of aromatic nitrogens is 2. The van der Waals surface area contributed by atoms with Gasteiger partial charge in [0, 0.05) is 18.0 Å². The number of anilines is 1. The van der Waals surface area contributed by atoms with Gasteiger partial charge in [0.25, 0.3) is 0 Å². The number of hydrogen-bond acceptors (Lipinski definition) is 5. The molecule has 1 aromatic carbocycles. The van der Waals surface area contributed by atoms with Crippen molar-refractivity contribution in [1.82, 2.24) is 9.97 Å². The van der Waals surface area contributed by atoms with Crippen LogP contribution in [0, 0.1) is 6.92 Å². The molecule has 3 aromatic rings. The SMILES string of the molecule is CCc1cc2c(N(CCO)Cc3ccccc3)nc(C)nc2s1. The van der Waals surface area contributed by atoms with Crippen LogP contribution >= 0.6 is 11.3 Å². The van der Waals surface area contributed by atoms with E-state index in [9.17, 15) is 5.11 Å². The monoisotopic (exact) mass is 327 g/mol. The summed E-state index contributed by atoms with van der Waals surface area (Å²) in [5, 5.41) is 10.6. The Morgan fingerprint density at radius 3 is 2.65 bits per heavy atom. The van der Waals surface area contributed by atoms with Crippen LogP contribution in [0.4, 0.5) is 5.82 Å². The van der Waals surface area contributed by atoms with E-state index in [1.165, 1.54) is 10.4 Å². The molecule has 0 aliphatic heterocycles. The summed E-state index contributed by atoms with van der Waals surface area (Å²) < 4.78 is 0. The van der Waals surface area contributed by atoms with Gasteiger partial charge in [0.05, 0.1) is 12.0 Å². The molecule has 0 fully saturated rings. The van der Waals surface area contributed by atoms with Crippen LogP contribution in [-0.2, 0) is 13.0 Å². The number of fused-ring (bicyclic) bond motifs is 1. The Balaban J connectivity index is 2.04. The minimum absolute atomic E-state index is 0.0994. The van der Waals surface area contributed by atoms with Gasteiger partial charge < -0.3 is 10.0 Å². The molecule has 0 unspecified atom stereocenters. The summed E-state index contributed by atoms with van der Waals surface area (Å²) in [7, 11) is 0. The number of aryl methyl sites for hydroxylation is 2. The molecule has 0 spiro atoms. The molecule has 5 heteroatoms. The molecule has 2 aromatic heterocycles. The van der Waals surface area contributed by atoms with Crippen molar-refractivity contribution in [2.45, 2.75) is 26.8 Å². The van der Waals surface area contributed by atoms with Crippen molar-refractivity contribution in [3.05, 3.63) is 52.7 Å². The number of nitrogens with zero attached hydrogens (tertiary/aromatic N) is 3. The van der Waals surface area contributed by atoms with Gasteiger partial charge in [0.2, 0.25) is 0 Å². The first-order valence-corrected chi connectivity index (χ1v) is 8.69. The van der Waals surface area contributed by atoms with Gasteiger partial charge in [-0.3, -0.25) is 0 Å². The molecule has 0 aliphatic rings. The third-order valence-electron chi connectivity index (χ3n) is 3.77. The van der Waals surface area contributed by atoms with E-state index in [0.717, 1.165) is 34.8 Å². The van der Waals surface area contributed by atoms with Crippen molar-refractivity contribution in [2.24, 2.45) is 0 Å². The number of benzene rings is 1. The zero-order valence-corrected chi connectivity index (χ0v) is 14.3. The third kappa shape index (κ3) is 3.51. The Kier molecular flexibility index (Phi) is 4.88. The Labute approximate surface area is 140 Å². The van der Waals surface area contributed by atoms with Crippen molar-refractivity contribution < 1.29 is 5.11 Å². The Hall–Kier alpha value is -1.98. The number of thiophene rings is 1. The van der Waals surface area contributed by atoms with Crippen molar-refractivity contribution in [1.29, 1.82) is 0 Å². The minimum atomic E-state index is 0.0994. The second kappa shape index (κ2) is 7.06. The molecule has 0 radical (unpaired) electrons. The molecule has 0 aliphatic carbocycles. The highest BCUT2D eigenvalue weighted by atomic mass is 32.1. The second-order valence-corrected chi connectivity index (χ2v) is 6.63. The standard InChI is InChI=1S/C18H21N3OS/c1-3-15-11-16-17(19-13(2)20-18(16)23-15)21(9-10-22)12-14-7-5-4-6-8-14/h4-8,11,22H,3,9-10,12H2,1-2H3. The molecule has 0 atom stereocenters. The van der Waals surface area contributed by atoms with Crippen LogP contribution in [0.2, 0.25) is 0 Å². The number of hydrogen-bond donors (Lipinski definition) is 1. The molecule has 0 saturated heterocycles. The highest BCUT2D eigenvalue weighted by molar-refractivity contribution is 7.18. The fourth-order valence-electron chi connectivity index (χ4n) is 2.66. The summed E-state index contributed by atoms with van der Waals surface area (Å²) >= 11 is 1.73. The molecule has 0 amide bonds. The fourth-order valence-corrected chi connectivity index (χ4v) is 3.67. The predicted molar refractivity (Wildman–Crippen MR) is 96.1 cm³/mol. The molecule has 1 N–H and O–H groups in total.